The molecular formula is C18H18BrNO2. The highest BCUT2D eigenvalue weighted by Gasteiger charge is 2.21. The molecule has 0 heterocycles. The van der Waals surface area contributed by atoms with Crippen LogP contribution in [0.4, 0.5) is 0 Å². The molecule has 1 atom stereocenters. The van der Waals surface area contributed by atoms with Crippen molar-refractivity contribution in [1.29, 1.82) is 0 Å². The Bertz CT molecular complexity index is 672. The maximum absolute atomic E-state index is 12.2. The summed E-state index contributed by atoms with van der Waals surface area (Å²) in [5, 5.41) is 3.09. The van der Waals surface area contributed by atoms with Crippen molar-refractivity contribution in [2.24, 2.45) is 0 Å². The van der Waals surface area contributed by atoms with Gasteiger partial charge >= 0.3 is 0 Å². The molecule has 1 amide bonds. The summed E-state index contributed by atoms with van der Waals surface area (Å²) in [6, 6.07) is 16.0. The molecule has 1 aliphatic rings. The van der Waals surface area contributed by atoms with Gasteiger partial charge in [-0.25, -0.2) is 0 Å². The Morgan fingerprint density at radius 2 is 1.95 bits per heavy atom. The van der Waals surface area contributed by atoms with Gasteiger partial charge in [-0.1, -0.05) is 36.4 Å². The van der Waals surface area contributed by atoms with Gasteiger partial charge < -0.3 is 10.1 Å². The van der Waals surface area contributed by atoms with Crippen LogP contribution in [0.3, 0.4) is 0 Å². The van der Waals surface area contributed by atoms with Crippen LogP contribution in [-0.4, -0.2) is 12.5 Å². The molecule has 22 heavy (non-hydrogen) atoms. The molecule has 0 saturated carbocycles. The highest BCUT2D eigenvalue weighted by atomic mass is 79.9. The highest BCUT2D eigenvalue weighted by molar-refractivity contribution is 9.10. The smallest absolute Gasteiger partial charge is 0.258 e. The molecule has 0 radical (unpaired) electrons. The number of halogens is 1. The number of hydrogen-bond donors (Lipinski definition) is 1. The Hall–Kier alpha value is -1.81. The van der Waals surface area contributed by atoms with Crippen LogP contribution in [0.15, 0.2) is 53.0 Å². The van der Waals surface area contributed by atoms with E-state index < -0.39 is 0 Å². The minimum Gasteiger partial charge on any atom is -0.483 e. The van der Waals surface area contributed by atoms with E-state index in [1.807, 2.05) is 30.3 Å². The average Bonchev–Trinajstić information content (AvgIpc) is 2.54. The first kappa shape index (κ1) is 15.1. The van der Waals surface area contributed by atoms with Gasteiger partial charge in [-0.05, 0) is 58.5 Å². The maximum Gasteiger partial charge on any atom is 0.258 e. The van der Waals surface area contributed by atoms with E-state index in [-0.39, 0.29) is 18.6 Å². The Kier molecular flexibility index (Phi) is 4.78. The monoisotopic (exact) mass is 359 g/mol. The minimum atomic E-state index is -0.0857. The fourth-order valence-corrected chi connectivity index (χ4v) is 3.24. The van der Waals surface area contributed by atoms with Crippen LogP contribution in [0, 0.1) is 0 Å². The van der Waals surface area contributed by atoms with E-state index in [2.05, 4.69) is 39.4 Å². The predicted molar refractivity (Wildman–Crippen MR) is 89.9 cm³/mol. The van der Waals surface area contributed by atoms with Gasteiger partial charge in [0.2, 0.25) is 0 Å². The molecule has 4 heteroatoms. The number of aryl methyl sites for hydroxylation is 1. The van der Waals surface area contributed by atoms with Gasteiger partial charge in [0.15, 0.2) is 6.61 Å². The Labute approximate surface area is 138 Å². The molecule has 114 valence electrons. The zero-order valence-corrected chi connectivity index (χ0v) is 13.8. The lowest BCUT2D eigenvalue weighted by atomic mass is 9.88. The summed E-state index contributed by atoms with van der Waals surface area (Å²) >= 11 is 3.41. The van der Waals surface area contributed by atoms with Gasteiger partial charge in [0.1, 0.15) is 5.75 Å². The summed E-state index contributed by atoms with van der Waals surface area (Å²) in [5.74, 6) is 0.596. The number of fused-ring (bicyclic) bond motifs is 1. The van der Waals surface area contributed by atoms with Crippen molar-refractivity contribution < 1.29 is 9.53 Å². The van der Waals surface area contributed by atoms with E-state index in [0.717, 1.165) is 23.7 Å². The summed E-state index contributed by atoms with van der Waals surface area (Å²) in [6.07, 6.45) is 3.18. The van der Waals surface area contributed by atoms with Gasteiger partial charge in [-0.15, -0.1) is 0 Å². The van der Waals surface area contributed by atoms with Crippen LogP contribution in [-0.2, 0) is 11.2 Å². The van der Waals surface area contributed by atoms with E-state index in [1.165, 1.54) is 11.1 Å². The molecule has 1 aliphatic carbocycles. The molecule has 3 rings (SSSR count). The Balaban J connectivity index is 1.60. The first-order valence-corrected chi connectivity index (χ1v) is 8.28. The summed E-state index contributed by atoms with van der Waals surface area (Å²) in [6.45, 7) is 0.0290. The second-order valence-electron chi connectivity index (χ2n) is 5.43. The number of carbonyl (C=O) groups excluding carboxylic acids is 1. The maximum atomic E-state index is 12.2. The van der Waals surface area contributed by atoms with E-state index in [9.17, 15) is 4.79 Å². The number of carbonyl (C=O) groups is 1. The van der Waals surface area contributed by atoms with Gasteiger partial charge in [-0.2, -0.15) is 0 Å². The van der Waals surface area contributed by atoms with Crippen molar-refractivity contribution in [2.75, 3.05) is 6.61 Å². The molecule has 0 bridgehead atoms. The summed E-state index contributed by atoms with van der Waals surface area (Å²) in [4.78, 5) is 12.2. The van der Waals surface area contributed by atoms with Crippen molar-refractivity contribution in [1.82, 2.24) is 5.32 Å². The van der Waals surface area contributed by atoms with Crippen molar-refractivity contribution >= 4 is 21.8 Å². The third-order valence-corrected chi connectivity index (χ3v) is 4.56. The number of para-hydroxylation sites is 1. The molecule has 2 aromatic carbocycles. The number of rotatable bonds is 4. The fourth-order valence-electron chi connectivity index (χ4n) is 2.84. The van der Waals surface area contributed by atoms with E-state index in [1.54, 1.807) is 0 Å². The molecule has 1 unspecified atom stereocenters. The third-order valence-electron chi connectivity index (χ3n) is 3.90. The number of hydrogen-bond acceptors (Lipinski definition) is 2. The average molecular weight is 360 g/mol. The van der Waals surface area contributed by atoms with Gasteiger partial charge in [0.05, 0.1) is 10.5 Å². The zero-order chi connectivity index (χ0) is 15.4. The highest BCUT2D eigenvalue weighted by Crippen LogP contribution is 2.29. The van der Waals surface area contributed by atoms with Crippen LogP contribution >= 0.6 is 15.9 Å². The second kappa shape index (κ2) is 6.97. The Morgan fingerprint density at radius 3 is 2.82 bits per heavy atom. The lowest BCUT2D eigenvalue weighted by Gasteiger charge is -2.26. The van der Waals surface area contributed by atoms with E-state index in [0.29, 0.717) is 5.75 Å². The number of benzene rings is 2. The lowest BCUT2D eigenvalue weighted by Crippen LogP contribution is -2.34. The molecular weight excluding hydrogens is 342 g/mol. The first-order valence-electron chi connectivity index (χ1n) is 7.48. The van der Waals surface area contributed by atoms with Gasteiger partial charge in [-0.3, -0.25) is 4.79 Å². The summed E-state index contributed by atoms with van der Waals surface area (Å²) < 4.78 is 6.42. The molecule has 3 nitrogen and oxygen atoms in total. The van der Waals surface area contributed by atoms with Crippen molar-refractivity contribution in [2.45, 2.75) is 25.3 Å². The van der Waals surface area contributed by atoms with Crippen LogP contribution in [0.1, 0.15) is 30.0 Å². The summed E-state index contributed by atoms with van der Waals surface area (Å²) in [5.41, 5.74) is 2.58. The molecule has 0 saturated heterocycles. The SMILES string of the molecule is O=C(COc1ccccc1Br)NC1CCCc2ccccc21. The number of nitrogens with one attached hydrogen (secondary N) is 1. The first-order chi connectivity index (χ1) is 10.7. The Morgan fingerprint density at radius 1 is 1.18 bits per heavy atom. The fraction of sp³-hybridized carbons (Fsp3) is 0.278. The molecule has 2 aromatic rings. The molecule has 0 spiro atoms. The summed E-state index contributed by atoms with van der Waals surface area (Å²) in [7, 11) is 0. The largest absolute Gasteiger partial charge is 0.483 e. The topological polar surface area (TPSA) is 38.3 Å². The molecule has 0 aliphatic heterocycles. The second-order valence-corrected chi connectivity index (χ2v) is 6.28. The van der Waals surface area contributed by atoms with Crippen LogP contribution in [0.5, 0.6) is 5.75 Å². The molecule has 1 N–H and O–H groups in total. The minimum absolute atomic E-state index is 0.0290. The van der Waals surface area contributed by atoms with Gasteiger partial charge in [0, 0.05) is 0 Å². The molecule has 0 fully saturated rings. The van der Waals surface area contributed by atoms with Crippen molar-refractivity contribution in [3.8, 4) is 5.75 Å². The zero-order valence-electron chi connectivity index (χ0n) is 12.2. The van der Waals surface area contributed by atoms with Crippen LogP contribution in [0.25, 0.3) is 0 Å². The quantitative estimate of drug-likeness (QED) is 0.894. The standard InChI is InChI=1S/C18H18BrNO2/c19-15-9-3-4-11-17(15)22-12-18(21)20-16-10-5-7-13-6-1-2-8-14(13)16/h1-4,6,8-9,11,16H,5,7,10,12H2,(H,20,21). The normalized spacial score (nSPS) is 16.7. The lowest BCUT2D eigenvalue weighted by molar-refractivity contribution is -0.124. The van der Waals surface area contributed by atoms with E-state index >= 15 is 0 Å². The van der Waals surface area contributed by atoms with Crippen LogP contribution < -0.4 is 10.1 Å². The van der Waals surface area contributed by atoms with Gasteiger partial charge in [0.25, 0.3) is 5.91 Å². The number of amides is 1. The van der Waals surface area contributed by atoms with Crippen molar-refractivity contribution in [3.05, 3.63) is 64.1 Å². The van der Waals surface area contributed by atoms with Crippen molar-refractivity contribution in [3.63, 3.8) is 0 Å². The van der Waals surface area contributed by atoms with E-state index in [4.69, 9.17) is 4.74 Å². The third kappa shape index (κ3) is 3.50. The molecule has 0 aromatic heterocycles. The predicted octanol–water partition coefficient (Wildman–Crippen LogP) is 4.02. The number of ether oxygens (including phenoxy) is 1. The van der Waals surface area contributed by atoms with Crippen LogP contribution in [0.2, 0.25) is 0 Å².